The second kappa shape index (κ2) is 4.78. The van der Waals surface area contributed by atoms with E-state index in [4.69, 9.17) is 0 Å². The lowest BCUT2D eigenvalue weighted by Gasteiger charge is -2.33. The zero-order valence-corrected chi connectivity index (χ0v) is 11.0. The Labute approximate surface area is 107 Å². The Bertz CT molecular complexity index is 350. The third-order valence-corrected chi connectivity index (χ3v) is 4.43. The number of hydrogen-bond acceptors (Lipinski definition) is 2. The molecule has 0 aromatic carbocycles. The van der Waals surface area contributed by atoms with Crippen LogP contribution in [-0.2, 0) is 4.79 Å². The van der Waals surface area contributed by atoms with Gasteiger partial charge in [0.2, 0.25) is 0 Å². The SMILES string of the molecule is CC(NC(=O)NC(C)(C(=O)O)C1CC1)C1CCC1. The van der Waals surface area contributed by atoms with Crippen LogP contribution in [0.15, 0.2) is 0 Å². The van der Waals surface area contributed by atoms with Crippen LogP contribution >= 0.6 is 0 Å². The number of amides is 2. The van der Waals surface area contributed by atoms with Crippen molar-refractivity contribution in [3.05, 3.63) is 0 Å². The summed E-state index contributed by atoms with van der Waals surface area (Å²) in [4.78, 5) is 23.1. The number of rotatable bonds is 5. The van der Waals surface area contributed by atoms with Gasteiger partial charge in [0.25, 0.3) is 0 Å². The lowest BCUT2D eigenvalue weighted by Crippen LogP contribution is -2.58. The summed E-state index contributed by atoms with van der Waals surface area (Å²) in [6, 6.07) is -0.234. The van der Waals surface area contributed by atoms with Gasteiger partial charge in [0.1, 0.15) is 5.54 Å². The number of carboxylic acid groups (broad SMARTS) is 1. The maximum atomic E-state index is 11.9. The van der Waals surface area contributed by atoms with Crippen molar-refractivity contribution in [3.63, 3.8) is 0 Å². The first-order valence-electron chi connectivity index (χ1n) is 6.75. The number of hydrogen-bond donors (Lipinski definition) is 3. The summed E-state index contributed by atoms with van der Waals surface area (Å²) in [7, 11) is 0. The van der Waals surface area contributed by atoms with Crippen molar-refractivity contribution in [3.8, 4) is 0 Å². The van der Waals surface area contributed by atoms with E-state index in [1.807, 2.05) is 6.92 Å². The van der Waals surface area contributed by atoms with Crippen molar-refractivity contribution in [1.29, 1.82) is 0 Å². The first-order valence-corrected chi connectivity index (χ1v) is 6.75. The van der Waals surface area contributed by atoms with Crippen molar-refractivity contribution in [1.82, 2.24) is 10.6 Å². The highest BCUT2D eigenvalue weighted by molar-refractivity contribution is 5.86. The number of urea groups is 1. The molecule has 5 heteroatoms. The molecule has 2 aliphatic rings. The van der Waals surface area contributed by atoms with Gasteiger partial charge >= 0.3 is 12.0 Å². The molecule has 0 saturated heterocycles. The minimum Gasteiger partial charge on any atom is -0.480 e. The molecular formula is C13H22N2O3. The molecule has 2 fully saturated rings. The summed E-state index contributed by atoms with van der Waals surface area (Å²) in [5.74, 6) is -0.330. The van der Waals surface area contributed by atoms with E-state index in [2.05, 4.69) is 10.6 Å². The molecule has 0 heterocycles. The van der Waals surface area contributed by atoms with E-state index in [-0.39, 0.29) is 18.0 Å². The van der Waals surface area contributed by atoms with Crippen LogP contribution in [0, 0.1) is 11.8 Å². The van der Waals surface area contributed by atoms with Gasteiger partial charge in [-0.3, -0.25) is 0 Å². The predicted octanol–water partition coefficient (Wildman–Crippen LogP) is 1.73. The van der Waals surface area contributed by atoms with Crippen LogP contribution in [0.2, 0.25) is 0 Å². The Morgan fingerprint density at radius 1 is 1.28 bits per heavy atom. The molecule has 0 spiro atoms. The molecule has 2 unspecified atom stereocenters. The smallest absolute Gasteiger partial charge is 0.329 e. The minimum atomic E-state index is -1.12. The normalized spacial score (nSPS) is 24.6. The Kier molecular flexibility index (Phi) is 3.50. The zero-order valence-electron chi connectivity index (χ0n) is 11.0. The van der Waals surface area contributed by atoms with Gasteiger partial charge in [-0.25, -0.2) is 9.59 Å². The topological polar surface area (TPSA) is 78.4 Å². The maximum absolute atomic E-state index is 11.9. The molecule has 18 heavy (non-hydrogen) atoms. The molecule has 3 N–H and O–H groups in total. The average molecular weight is 254 g/mol. The van der Waals surface area contributed by atoms with E-state index in [9.17, 15) is 14.7 Å². The van der Waals surface area contributed by atoms with E-state index < -0.39 is 11.5 Å². The molecule has 0 bridgehead atoms. The lowest BCUT2D eigenvalue weighted by molar-refractivity contribution is -0.144. The van der Waals surface area contributed by atoms with E-state index in [1.165, 1.54) is 6.42 Å². The molecule has 0 aromatic heterocycles. The van der Waals surface area contributed by atoms with Crippen LogP contribution in [0.5, 0.6) is 0 Å². The monoisotopic (exact) mass is 254 g/mol. The van der Waals surface area contributed by atoms with Gasteiger partial charge in [0.05, 0.1) is 0 Å². The van der Waals surface area contributed by atoms with Crippen molar-refractivity contribution in [2.75, 3.05) is 0 Å². The molecule has 5 nitrogen and oxygen atoms in total. The van der Waals surface area contributed by atoms with E-state index in [0.29, 0.717) is 5.92 Å². The molecule has 2 amide bonds. The number of carbonyl (C=O) groups excluding carboxylic acids is 1. The Morgan fingerprint density at radius 2 is 1.89 bits per heavy atom. The number of nitrogens with one attached hydrogen (secondary N) is 2. The number of carboxylic acids is 1. The molecule has 2 atom stereocenters. The fourth-order valence-corrected chi connectivity index (χ4v) is 2.53. The second-order valence-corrected chi connectivity index (χ2v) is 5.86. The standard InChI is InChI=1S/C13H22N2O3/c1-8(9-4-3-5-9)14-12(18)15-13(2,11(16)17)10-6-7-10/h8-10H,3-7H2,1-2H3,(H,16,17)(H2,14,15,18). The third kappa shape index (κ3) is 2.60. The highest BCUT2D eigenvalue weighted by atomic mass is 16.4. The molecule has 2 saturated carbocycles. The van der Waals surface area contributed by atoms with Crippen LogP contribution in [0.4, 0.5) is 4.79 Å². The largest absolute Gasteiger partial charge is 0.480 e. The second-order valence-electron chi connectivity index (χ2n) is 5.86. The number of carbonyl (C=O) groups is 2. The van der Waals surface area contributed by atoms with Crippen LogP contribution < -0.4 is 10.6 Å². The fourth-order valence-electron chi connectivity index (χ4n) is 2.53. The summed E-state index contributed by atoms with van der Waals surface area (Å²) in [6.45, 7) is 3.58. The van der Waals surface area contributed by atoms with Gasteiger partial charge in [0.15, 0.2) is 0 Å². The molecule has 0 aliphatic heterocycles. The van der Waals surface area contributed by atoms with Crippen molar-refractivity contribution in [2.24, 2.45) is 11.8 Å². The van der Waals surface area contributed by atoms with Gasteiger partial charge in [-0.1, -0.05) is 6.42 Å². The molecule has 0 radical (unpaired) electrons. The quantitative estimate of drug-likeness (QED) is 0.699. The zero-order chi connectivity index (χ0) is 13.3. The summed E-state index contributed by atoms with van der Waals surface area (Å²) in [5, 5.41) is 14.8. The van der Waals surface area contributed by atoms with Gasteiger partial charge in [0, 0.05) is 6.04 Å². The van der Waals surface area contributed by atoms with Crippen molar-refractivity contribution >= 4 is 12.0 Å². The highest BCUT2D eigenvalue weighted by Crippen LogP contribution is 2.39. The molecule has 2 rings (SSSR count). The predicted molar refractivity (Wildman–Crippen MR) is 67.2 cm³/mol. The van der Waals surface area contributed by atoms with E-state index in [0.717, 1.165) is 25.7 Å². The Hall–Kier alpha value is -1.26. The van der Waals surface area contributed by atoms with Crippen LogP contribution in [-0.4, -0.2) is 28.7 Å². The van der Waals surface area contributed by atoms with Gasteiger partial charge < -0.3 is 15.7 Å². The Balaban J connectivity index is 1.86. The number of aliphatic carboxylic acids is 1. The summed E-state index contributed by atoms with van der Waals surface area (Å²) in [6.07, 6.45) is 5.29. The molecule has 0 aromatic rings. The molecular weight excluding hydrogens is 232 g/mol. The fraction of sp³-hybridized carbons (Fsp3) is 0.846. The van der Waals surface area contributed by atoms with Crippen molar-refractivity contribution < 1.29 is 14.7 Å². The van der Waals surface area contributed by atoms with Gasteiger partial charge in [-0.15, -0.1) is 0 Å². The van der Waals surface area contributed by atoms with Gasteiger partial charge in [-0.05, 0) is 51.4 Å². The highest BCUT2D eigenvalue weighted by Gasteiger charge is 2.48. The molecule has 102 valence electrons. The molecule has 2 aliphatic carbocycles. The van der Waals surface area contributed by atoms with Crippen LogP contribution in [0.3, 0.4) is 0 Å². The van der Waals surface area contributed by atoms with Crippen LogP contribution in [0.25, 0.3) is 0 Å². The first-order chi connectivity index (χ1) is 8.43. The summed E-state index contributed by atoms with van der Waals surface area (Å²) in [5.41, 5.74) is -1.12. The minimum absolute atomic E-state index is 0.0692. The van der Waals surface area contributed by atoms with Gasteiger partial charge in [-0.2, -0.15) is 0 Å². The third-order valence-electron chi connectivity index (χ3n) is 4.43. The van der Waals surface area contributed by atoms with Crippen molar-refractivity contribution in [2.45, 2.75) is 57.5 Å². The average Bonchev–Trinajstić information content (AvgIpc) is 2.95. The van der Waals surface area contributed by atoms with Crippen LogP contribution in [0.1, 0.15) is 46.0 Å². The maximum Gasteiger partial charge on any atom is 0.329 e. The summed E-state index contributed by atoms with van der Waals surface area (Å²) >= 11 is 0. The van der Waals surface area contributed by atoms with E-state index in [1.54, 1.807) is 6.92 Å². The Morgan fingerprint density at radius 3 is 2.28 bits per heavy atom. The first kappa shape index (κ1) is 13.2. The lowest BCUT2D eigenvalue weighted by atomic mass is 9.80. The summed E-state index contributed by atoms with van der Waals surface area (Å²) < 4.78 is 0. The van der Waals surface area contributed by atoms with E-state index >= 15 is 0 Å².